The monoisotopic (exact) mass is 277 g/mol. The van der Waals surface area contributed by atoms with Crippen LogP contribution in [0.25, 0.3) is 28.3 Å². The topological polar surface area (TPSA) is 84.6 Å². The summed E-state index contributed by atoms with van der Waals surface area (Å²) in [5.41, 5.74) is 4.61. The van der Waals surface area contributed by atoms with Gasteiger partial charge in [-0.15, -0.1) is 10.2 Å². The van der Waals surface area contributed by atoms with Gasteiger partial charge in [0.05, 0.1) is 17.5 Å². The van der Waals surface area contributed by atoms with Crippen LogP contribution in [0, 0.1) is 6.92 Å². The lowest BCUT2D eigenvalue weighted by molar-refractivity contribution is 0.881. The van der Waals surface area contributed by atoms with Crippen molar-refractivity contribution in [2.24, 2.45) is 0 Å². The number of aromatic amines is 1. The molecule has 0 saturated carbocycles. The number of H-pyrrole nitrogens is 1. The van der Waals surface area contributed by atoms with E-state index < -0.39 is 0 Å². The van der Waals surface area contributed by atoms with E-state index in [4.69, 9.17) is 0 Å². The first-order chi connectivity index (χ1) is 10.3. The van der Waals surface area contributed by atoms with Crippen LogP contribution in [0.4, 0.5) is 0 Å². The first-order valence-corrected chi connectivity index (χ1v) is 6.47. The van der Waals surface area contributed by atoms with Gasteiger partial charge in [-0.3, -0.25) is 0 Å². The van der Waals surface area contributed by atoms with Crippen LogP contribution in [-0.4, -0.2) is 35.2 Å². The predicted molar refractivity (Wildman–Crippen MR) is 76.3 cm³/mol. The lowest BCUT2D eigenvalue weighted by Gasteiger charge is -2.08. The summed E-state index contributed by atoms with van der Waals surface area (Å²) in [5, 5.41) is 18.5. The number of fused-ring (bicyclic) bond motifs is 1. The fraction of sp³-hybridized carbons (Fsp3) is 0.0714. The number of hydrogen-bond donors (Lipinski definition) is 1. The summed E-state index contributed by atoms with van der Waals surface area (Å²) in [6.07, 6.45) is 3.54. The van der Waals surface area contributed by atoms with E-state index in [1.807, 2.05) is 35.8 Å². The maximum absolute atomic E-state index is 4.46. The van der Waals surface area contributed by atoms with E-state index in [0.29, 0.717) is 11.5 Å². The molecule has 0 radical (unpaired) electrons. The van der Waals surface area contributed by atoms with Gasteiger partial charge in [0.1, 0.15) is 0 Å². The third-order valence-electron chi connectivity index (χ3n) is 3.34. The van der Waals surface area contributed by atoms with Crippen molar-refractivity contribution in [3.05, 3.63) is 48.3 Å². The Morgan fingerprint density at radius 2 is 1.95 bits per heavy atom. The first kappa shape index (κ1) is 11.7. The molecule has 0 amide bonds. The highest BCUT2D eigenvalue weighted by Crippen LogP contribution is 2.26. The van der Waals surface area contributed by atoms with Gasteiger partial charge in [0, 0.05) is 11.8 Å². The Morgan fingerprint density at radius 3 is 2.71 bits per heavy atom. The highest BCUT2D eigenvalue weighted by molar-refractivity contribution is 5.75. The fourth-order valence-electron chi connectivity index (χ4n) is 2.40. The molecule has 21 heavy (non-hydrogen) atoms. The van der Waals surface area contributed by atoms with E-state index in [1.54, 1.807) is 6.20 Å². The molecular formula is C14H11N7. The molecule has 0 aliphatic heterocycles. The molecule has 0 spiro atoms. The highest BCUT2D eigenvalue weighted by Gasteiger charge is 2.16. The number of benzene rings is 1. The first-order valence-electron chi connectivity index (χ1n) is 6.47. The minimum atomic E-state index is 0.486. The number of nitrogens with one attached hydrogen (secondary N) is 1. The normalized spacial score (nSPS) is 11.1. The number of aryl methyl sites for hydroxylation is 1. The van der Waals surface area contributed by atoms with Crippen molar-refractivity contribution < 1.29 is 0 Å². The SMILES string of the molecule is Cc1cnc2c(-c3nn[nH]n3)cnn2c1-c1ccccc1. The minimum Gasteiger partial charge on any atom is -0.236 e. The van der Waals surface area contributed by atoms with Crippen molar-refractivity contribution in [3.8, 4) is 22.6 Å². The van der Waals surface area contributed by atoms with Crippen LogP contribution in [-0.2, 0) is 0 Å². The Kier molecular flexibility index (Phi) is 2.50. The van der Waals surface area contributed by atoms with Crippen molar-refractivity contribution in [2.75, 3.05) is 0 Å². The van der Waals surface area contributed by atoms with Gasteiger partial charge in [-0.1, -0.05) is 30.3 Å². The molecule has 4 aromatic rings. The minimum absolute atomic E-state index is 0.486. The molecular weight excluding hydrogens is 266 g/mol. The van der Waals surface area contributed by atoms with Crippen LogP contribution in [0.2, 0.25) is 0 Å². The number of rotatable bonds is 2. The van der Waals surface area contributed by atoms with Crippen LogP contribution in [0.1, 0.15) is 5.56 Å². The van der Waals surface area contributed by atoms with E-state index in [2.05, 4.69) is 42.8 Å². The Bertz CT molecular complexity index is 894. The summed E-state index contributed by atoms with van der Waals surface area (Å²) in [4.78, 5) is 4.46. The Morgan fingerprint density at radius 1 is 1.10 bits per heavy atom. The molecule has 0 atom stereocenters. The maximum atomic E-state index is 4.46. The van der Waals surface area contributed by atoms with E-state index in [9.17, 15) is 0 Å². The Balaban J connectivity index is 2.02. The van der Waals surface area contributed by atoms with Gasteiger partial charge in [0.15, 0.2) is 5.65 Å². The van der Waals surface area contributed by atoms with Crippen LogP contribution >= 0.6 is 0 Å². The lowest BCUT2D eigenvalue weighted by atomic mass is 10.1. The van der Waals surface area contributed by atoms with E-state index in [1.165, 1.54) is 0 Å². The highest BCUT2D eigenvalue weighted by atomic mass is 15.5. The number of tetrazole rings is 1. The molecule has 7 heteroatoms. The third-order valence-corrected chi connectivity index (χ3v) is 3.34. The largest absolute Gasteiger partial charge is 0.236 e. The van der Waals surface area contributed by atoms with Crippen LogP contribution in [0.3, 0.4) is 0 Å². The van der Waals surface area contributed by atoms with Gasteiger partial charge in [-0.2, -0.15) is 10.3 Å². The van der Waals surface area contributed by atoms with Crippen LogP contribution < -0.4 is 0 Å². The van der Waals surface area contributed by atoms with Gasteiger partial charge in [-0.05, 0) is 17.7 Å². The van der Waals surface area contributed by atoms with Crippen LogP contribution in [0.15, 0.2) is 42.7 Å². The van der Waals surface area contributed by atoms with E-state index in [-0.39, 0.29) is 0 Å². The maximum Gasteiger partial charge on any atom is 0.210 e. The zero-order chi connectivity index (χ0) is 14.2. The summed E-state index contributed by atoms with van der Waals surface area (Å²) >= 11 is 0. The van der Waals surface area contributed by atoms with Crippen molar-refractivity contribution >= 4 is 5.65 Å². The van der Waals surface area contributed by atoms with Crippen molar-refractivity contribution in [2.45, 2.75) is 6.92 Å². The molecule has 0 aliphatic rings. The second-order valence-corrected chi connectivity index (χ2v) is 4.68. The standard InChI is InChI=1S/C14H11N7/c1-9-7-15-14-11(13-17-19-20-18-13)8-16-21(14)12(9)10-5-3-2-4-6-10/h2-8H,1H3,(H,17,18,19,20). The van der Waals surface area contributed by atoms with Crippen LogP contribution in [0.5, 0.6) is 0 Å². The van der Waals surface area contributed by atoms with E-state index in [0.717, 1.165) is 22.4 Å². The molecule has 1 N–H and O–H groups in total. The number of aromatic nitrogens is 7. The molecule has 0 bridgehead atoms. The average Bonchev–Trinajstić information content (AvgIpc) is 3.16. The molecule has 3 heterocycles. The molecule has 0 aliphatic carbocycles. The lowest BCUT2D eigenvalue weighted by Crippen LogP contribution is -1.99. The van der Waals surface area contributed by atoms with Gasteiger partial charge in [0.2, 0.25) is 5.82 Å². The summed E-state index contributed by atoms with van der Waals surface area (Å²) < 4.78 is 1.82. The molecule has 3 aromatic heterocycles. The quantitative estimate of drug-likeness (QED) is 0.604. The van der Waals surface area contributed by atoms with Gasteiger partial charge >= 0.3 is 0 Å². The molecule has 0 fully saturated rings. The third kappa shape index (κ3) is 1.78. The van der Waals surface area contributed by atoms with Crippen molar-refractivity contribution in [1.82, 2.24) is 35.2 Å². The zero-order valence-electron chi connectivity index (χ0n) is 11.2. The Hall–Kier alpha value is -3.09. The molecule has 0 unspecified atom stereocenters. The zero-order valence-corrected chi connectivity index (χ0v) is 11.2. The predicted octanol–water partition coefficient (Wildman–Crippen LogP) is 1.88. The number of hydrogen-bond acceptors (Lipinski definition) is 5. The summed E-state index contributed by atoms with van der Waals surface area (Å²) in [5.74, 6) is 0.486. The molecule has 1 aromatic carbocycles. The molecule has 0 saturated heterocycles. The number of nitrogens with zero attached hydrogens (tertiary/aromatic N) is 6. The summed E-state index contributed by atoms with van der Waals surface area (Å²) in [6, 6.07) is 10.1. The van der Waals surface area contributed by atoms with Gasteiger partial charge < -0.3 is 0 Å². The van der Waals surface area contributed by atoms with Crippen molar-refractivity contribution in [1.29, 1.82) is 0 Å². The second-order valence-electron chi connectivity index (χ2n) is 4.68. The molecule has 102 valence electrons. The second kappa shape index (κ2) is 4.48. The summed E-state index contributed by atoms with van der Waals surface area (Å²) in [6.45, 7) is 2.02. The van der Waals surface area contributed by atoms with Gasteiger partial charge in [-0.25, -0.2) is 9.50 Å². The molecule has 7 nitrogen and oxygen atoms in total. The summed E-state index contributed by atoms with van der Waals surface area (Å²) in [7, 11) is 0. The van der Waals surface area contributed by atoms with Gasteiger partial charge in [0.25, 0.3) is 0 Å². The van der Waals surface area contributed by atoms with Crippen molar-refractivity contribution in [3.63, 3.8) is 0 Å². The van der Waals surface area contributed by atoms with E-state index >= 15 is 0 Å². The average molecular weight is 277 g/mol. The fourth-order valence-corrected chi connectivity index (χ4v) is 2.40. The smallest absolute Gasteiger partial charge is 0.210 e. The molecule has 4 rings (SSSR count). The Labute approximate surface area is 119 Å².